The fourth-order valence-corrected chi connectivity index (χ4v) is 2.64. The summed E-state index contributed by atoms with van der Waals surface area (Å²) in [6.45, 7) is 0. The minimum atomic E-state index is -5.15. The maximum absolute atomic E-state index is 11.6. The molecular formula is C10H11N4O9P. The molecule has 3 rings (SSSR count). The zero-order valence-electron chi connectivity index (χ0n) is 11.6. The summed E-state index contributed by atoms with van der Waals surface area (Å²) in [5.41, 5.74) is -0.604. The van der Waals surface area contributed by atoms with Crippen molar-refractivity contribution in [3.8, 4) is 0 Å². The number of aromatic amines is 1. The molecule has 2 aromatic rings. The molecule has 130 valence electrons. The Morgan fingerprint density at radius 2 is 2.04 bits per heavy atom. The number of phosphoric ester groups is 1. The Balaban J connectivity index is 1.92. The van der Waals surface area contributed by atoms with Gasteiger partial charge in [0.1, 0.15) is 12.2 Å². The zero-order chi connectivity index (χ0) is 17.6. The summed E-state index contributed by atoms with van der Waals surface area (Å²) in [6.07, 6.45) is -4.54. The fourth-order valence-electron chi connectivity index (χ4n) is 2.30. The van der Waals surface area contributed by atoms with Crippen molar-refractivity contribution in [2.75, 3.05) is 0 Å². The number of carbonyl (C=O) groups excluding carboxylic acids is 1. The zero-order valence-corrected chi connectivity index (χ0v) is 12.5. The number of rotatable bonds is 3. The van der Waals surface area contributed by atoms with Gasteiger partial charge in [0, 0.05) is 0 Å². The van der Waals surface area contributed by atoms with Gasteiger partial charge in [-0.15, -0.1) is 0 Å². The Morgan fingerprint density at radius 3 is 2.71 bits per heavy atom. The van der Waals surface area contributed by atoms with E-state index >= 15 is 0 Å². The minimum absolute atomic E-state index is 0.0130. The number of carbonyl (C=O) groups is 1. The van der Waals surface area contributed by atoms with Crippen LogP contribution in [0.4, 0.5) is 0 Å². The normalized spacial score (nSPS) is 27.5. The van der Waals surface area contributed by atoms with Crippen molar-refractivity contribution in [3.05, 3.63) is 23.0 Å². The number of aliphatic hydroxyl groups is 2. The lowest BCUT2D eigenvalue weighted by Gasteiger charge is -2.16. The molecule has 14 heteroatoms. The van der Waals surface area contributed by atoms with Gasteiger partial charge in [-0.3, -0.25) is 19.1 Å². The van der Waals surface area contributed by atoms with E-state index in [1.807, 2.05) is 0 Å². The smallest absolute Gasteiger partial charge is 0.387 e. The molecule has 4 atom stereocenters. The van der Waals surface area contributed by atoms with E-state index in [9.17, 15) is 24.4 Å². The van der Waals surface area contributed by atoms with Crippen LogP contribution < -0.4 is 5.56 Å². The van der Waals surface area contributed by atoms with E-state index in [2.05, 4.69) is 19.5 Å². The highest BCUT2D eigenvalue weighted by Gasteiger charge is 2.49. The molecule has 1 fully saturated rings. The number of aliphatic hydroxyl groups excluding tert-OH is 2. The average Bonchev–Trinajstić information content (AvgIpc) is 3.01. The van der Waals surface area contributed by atoms with Crippen molar-refractivity contribution < 1.29 is 38.6 Å². The van der Waals surface area contributed by atoms with Gasteiger partial charge < -0.3 is 24.5 Å². The van der Waals surface area contributed by atoms with Gasteiger partial charge in [-0.1, -0.05) is 0 Å². The number of nitrogens with zero attached hydrogens (tertiary/aromatic N) is 3. The molecule has 24 heavy (non-hydrogen) atoms. The van der Waals surface area contributed by atoms with Crippen LogP contribution in [0, 0.1) is 0 Å². The molecule has 0 saturated carbocycles. The molecular weight excluding hydrogens is 351 g/mol. The second kappa shape index (κ2) is 5.73. The highest BCUT2D eigenvalue weighted by atomic mass is 31.2. The summed E-state index contributed by atoms with van der Waals surface area (Å²) < 4.78 is 20.8. The number of imidazole rings is 1. The number of nitrogens with one attached hydrogen (secondary N) is 1. The van der Waals surface area contributed by atoms with Gasteiger partial charge in [0.2, 0.25) is 0 Å². The number of H-pyrrole nitrogens is 1. The van der Waals surface area contributed by atoms with E-state index in [0.717, 1.165) is 17.2 Å². The molecule has 0 amide bonds. The van der Waals surface area contributed by atoms with Crippen molar-refractivity contribution in [3.63, 3.8) is 0 Å². The molecule has 0 unspecified atom stereocenters. The summed E-state index contributed by atoms with van der Waals surface area (Å²) in [4.78, 5) is 50.5. The molecule has 0 aromatic carbocycles. The first kappa shape index (κ1) is 16.7. The van der Waals surface area contributed by atoms with Crippen molar-refractivity contribution in [1.82, 2.24) is 19.5 Å². The maximum Gasteiger partial charge on any atom is 0.527 e. The van der Waals surface area contributed by atoms with E-state index < -0.39 is 43.9 Å². The fraction of sp³-hybridized carbons (Fsp3) is 0.400. The Kier molecular flexibility index (Phi) is 3.99. The molecule has 2 aromatic heterocycles. The number of hydrogen-bond donors (Lipinski definition) is 5. The summed E-state index contributed by atoms with van der Waals surface area (Å²) in [6, 6.07) is 0. The summed E-state index contributed by atoms with van der Waals surface area (Å²) in [7, 11) is -5.15. The predicted molar refractivity (Wildman–Crippen MR) is 72.2 cm³/mol. The second-order valence-corrected chi connectivity index (χ2v) is 6.05. The highest BCUT2D eigenvalue weighted by Crippen LogP contribution is 2.39. The number of phosphoric acid groups is 1. The molecule has 0 bridgehead atoms. The van der Waals surface area contributed by atoms with Gasteiger partial charge in [0.15, 0.2) is 23.5 Å². The van der Waals surface area contributed by atoms with Crippen LogP contribution in [-0.2, 0) is 18.6 Å². The van der Waals surface area contributed by atoms with Gasteiger partial charge in [-0.05, 0) is 0 Å². The third kappa shape index (κ3) is 2.84. The van der Waals surface area contributed by atoms with Gasteiger partial charge in [0.05, 0.1) is 12.7 Å². The largest absolute Gasteiger partial charge is 0.527 e. The van der Waals surface area contributed by atoms with E-state index in [-0.39, 0.29) is 11.2 Å². The lowest BCUT2D eigenvalue weighted by atomic mass is 10.1. The average molecular weight is 362 g/mol. The third-order valence-electron chi connectivity index (χ3n) is 3.32. The van der Waals surface area contributed by atoms with Crippen molar-refractivity contribution in [2.45, 2.75) is 24.5 Å². The summed E-state index contributed by atoms with van der Waals surface area (Å²) in [5.74, 6) is -1.55. The molecule has 0 spiro atoms. The molecule has 1 saturated heterocycles. The molecule has 0 aliphatic carbocycles. The van der Waals surface area contributed by atoms with E-state index in [0.29, 0.717) is 0 Å². The van der Waals surface area contributed by atoms with Crippen LogP contribution in [0.15, 0.2) is 17.4 Å². The Morgan fingerprint density at radius 1 is 1.33 bits per heavy atom. The second-order valence-electron chi connectivity index (χ2n) is 4.89. The van der Waals surface area contributed by atoms with E-state index in [1.54, 1.807) is 0 Å². The van der Waals surface area contributed by atoms with Crippen LogP contribution in [0.5, 0.6) is 0 Å². The molecule has 1 aliphatic rings. The predicted octanol–water partition coefficient (Wildman–Crippen LogP) is -2.63. The van der Waals surface area contributed by atoms with Crippen LogP contribution in [0.2, 0.25) is 0 Å². The topological polar surface area (TPSA) is 197 Å². The van der Waals surface area contributed by atoms with Crippen molar-refractivity contribution in [1.29, 1.82) is 0 Å². The number of aromatic nitrogens is 4. The summed E-state index contributed by atoms with van der Waals surface area (Å²) in [5, 5.41) is 19.9. The van der Waals surface area contributed by atoms with Crippen LogP contribution >= 0.6 is 7.82 Å². The number of ether oxygens (including phenoxy) is 1. The minimum Gasteiger partial charge on any atom is -0.387 e. The molecule has 5 N–H and O–H groups in total. The Hall–Kier alpha value is -2.15. The Bertz CT molecular complexity index is 888. The number of hydrogen-bond acceptors (Lipinski definition) is 9. The third-order valence-corrected chi connectivity index (χ3v) is 3.74. The summed E-state index contributed by atoms with van der Waals surface area (Å²) >= 11 is 0. The van der Waals surface area contributed by atoms with Gasteiger partial charge in [-0.2, -0.15) is 0 Å². The van der Waals surface area contributed by atoms with Crippen molar-refractivity contribution in [2.24, 2.45) is 0 Å². The van der Waals surface area contributed by atoms with Crippen LogP contribution in [0.25, 0.3) is 11.2 Å². The van der Waals surface area contributed by atoms with Gasteiger partial charge in [-0.25, -0.2) is 19.3 Å². The first-order chi connectivity index (χ1) is 11.2. The van der Waals surface area contributed by atoms with Crippen LogP contribution in [-0.4, -0.2) is 63.8 Å². The lowest BCUT2D eigenvalue weighted by molar-refractivity contribution is -0.153. The van der Waals surface area contributed by atoms with Gasteiger partial charge in [0.25, 0.3) is 5.56 Å². The number of fused-ring (bicyclic) bond motifs is 1. The van der Waals surface area contributed by atoms with Crippen LogP contribution in [0.3, 0.4) is 0 Å². The molecule has 13 nitrogen and oxygen atoms in total. The standard InChI is InChI=1S/C10H11N4O9P/c15-4-5(16)9(22-6(4)10(18)23-24(19,20)21)14-2-13-3-7(14)11-1-12-8(3)17/h1-2,4-6,9,15-16H,(H,11,12,17)(H2,19,20,21)/t4-,5+,6-,9+/m0/s1. The van der Waals surface area contributed by atoms with E-state index in [1.165, 1.54) is 0 Å². The van der Waals surface area contributed by atoms with Crippen molar-refractivity contribution >= 4 is 25.0 Å². The molecule has 1 aliphatic heterocycles. The highest BCUT2D eigenvalue weighted by molar-refractivity contribution is 7.46. The van der Waals surface area contributed by atoms with Gasteiger partial charge >= 0.3 is 13.8 Å². The monoisotopic (exact) mass is 362 g/mol. The molecule has 0 radical (unpaired) electrons. The first-order valence-electron chi connectivity index (χ1n) is 6.40. The lowest BCUT2D eigenvalue weighted by Crippen LogP contribution is -2.36. The first-order valence-corrected chi connectivity index (χ1v) is 7.93. The maximum atomic E-state index is 11.6. The van der Waals surface area contributed by atoms with Crippen LogP contribution in [0.1, 0.15) is 6.23 Å². The quantitative estimate of drug-likeness (QED) is 0.358. The van der Waals surface area contributed by atoms with E-state index in [4.69, 9.17) is 14.5 Å². The SMILES string of the molecule is O=C(OP(=O)(O)O)[C@H]1O[C@@H](n2cnc3c(=O)[nH]cnc32)[C@H](O)[C@@H]1O. The Labute approximate surface area is 131 Å². The molecule has 3 heterocycles.